The predicted molar refractivity (Wildman–Crippen MR) is 144 cm³/mol. The van der Waals surface area contributed by atoms with Gasteiger partial charge in [0.15, 0.2) is 0 Å². The van der Waals surface area contributed by atoms with Gasteiger partial charge >= 0.3 is 0 Å². The van der Waals surface area contributed by atoms with E-state index in [1.807, 2.05) is 32.0 Å². The van der Waals surface area contributed by atoms with Crippen LogP contribution in [0.5, 0.6) is 5.75 Å². The second kappa shape index (κ2) is 21.1. The van der Waals surface area contributed by atoms with E-state index >= 15 is 0 Å². The van der Waals surface area contributed by atoms with Gasteiger partial charge in [-0.3, -0.25) is 0 Å². The number of aryl methyl sites for hydroxylation is 1. The number of nitrogens with two attached hydrogens (primary N) is 1. The van der Waals surface area contributed by atoms with Crippen LogP contribution >= 0.6 is 0 Å². The van der Waals surface area contributed by atoms with Gasteiger partial charge in [0, 0.05) is 0 Å². The molecule has 2 rings (SSSR count). The Kier molecular flexibility index (Phi) is 19.9. The van der Waals surface area contributed by atoms with Gasteiger partial charge in [0.1, 0.15) is 5.75 Å². The molecule has 0 bridgehead atoms. The first-order valence-corrected chi connectivity index (χ1v) is 13.0. The minimum Gasteiger partial charge on any atom is -0.508 e. The Morgan fingerprint density at radius 1 is 0.656 bits per heavy atom. The molecule has 2 aromatic rings. The highest BCUT2D eigenvalue weighted by molar-refractivity contribution is 5.33. The number of hydrogen-bond acceptors (Lipinski definition) is 2. The van der Waals surface area contributed by atoms with Crippen LogP contribution in [0.15, 0.2) is 54.6 Å². The number of hydrogen-bond donors (Lipinski definition) is 2. The molecule has 2 aromatic carbocycles. The lowest BCUT2D eigenvalue weighted by Gasteiger charge is -2.05. The molecule has 0 spiro atoms. The van der Waals surface area contributed by atoms with Crippen LogP contribution < -0.4 is 5.73 Å². The molecule has 0 atom stereocenters. The van der Waals surface area contributed by atoms with Crippen molar-refractivity contribution in [2.75, 3.05) is 0 Å². The molecule has 0 saturated carbocycles. The molecule has 0 aliphatic rings. The van der Waals surface area contributed by atoms with E-state index in [-0.39, 0.29) is 0 Å². The van der Waals surface area contributed by atoms with Crippen LogP contribution in [0, 0.1) is 0 Å². The number of benzene rings is 2. The van der Waals surface area contributed by atoms with Gasteiger partial charge in [-0.05, 0) is 42.0 Å². The van der Waals surface area contributed by atoms with E-state index in [1.54, 1.807) is 6.07 Å². The normalized spacial score (nSPS) is 10.4. The van der Waals surface area contributed by atoms with Crippen molar-refractivity contribution in [3.8, 4) is 5.75 Å². The Balaban J connectivity index is 0.000000573. The first-order valence-electron chi connectivity index (χ1n) is 13.0. The summed E-state index contributed by atoms with van der Waals surface area (Å²) in [4.78, 5) is 0. The molecule has 3 N–H and O–H groups in total. The van der Waals surface area contributed by atoms with E-state index < -0.39 is 0 Å². The predicted octanol–water partition coefficient (Wildman–Crippen LogP) is 9.02. The fourth-order valence-electron chi connectivity index (χ4n) is 3.44. The van der Waals surface area contributed by atoms with Crippen LogP contribution in [0.25, 0.3) is 0 Å². The van der Waals surface area contributed by atoms with Gasteiger partial charge in [0.2, 0.25) is 0 Å². The highest BCUT2D eigenvalue weighted by Crippen LogP contribution is 2.23. The van der Waals surface area contributed by atoms with Crippen LogP contribution in [0.1, 0.15) is 116 Å². The van der Waals surface area contributed by atoms with E-state index in [2.05, 4.69) is 51.1 Å². The summed E-state index contributed by atoms with van der Waals surface area (Å²) in [5, 5.41) is 9.28. The molecule has 0 aliphatic heterocycles. The van der Waals surface area contributed by atoms with E-state index in [9.17, 15) is 5.11 Å². The largest absolute Gasteiger partial charge is 0.508 e. The monoisotopic (exact) mass is 441 g/mol. The number of aromatic hydroxyl groups is 1. The molecule has 2 heteroatoms. The van der Waals surface area contributed by atoms with Crippen molar-refractivity contribution in [2.24, 2.45) is 5.73 Å². The topological polar surface area (TPSA) is 46.2 Å². The van der Waals surface area contributed by atoms with Crippen LogP contribution in [0.4, 0.5) is 0 Å². The molecule has 0 unspecified atom stereocenters. The Hall–Kier alpha value is -1.80. The third-order valence-electron chi connectivity index (χ3n) is 5.22. The Morgan fingerprint density at radius 2 is 1.09 bits per heavy atom. The van der Waals surface area contributed by atoms with Gasteiger partial charge in [-0.25, -0.2) is 0 Å². The first-order chi connectivity index (χ1) is 15.4. The number of para-hydroxylation sites is 1. The standard InChI is InChI=1S/C18H30.C9H12O.C3H9N/c1-2-3-4-5-6-7-8-9-10-12-15-18-16-13-11-14-17-18;1-7(2)8-5-3-4-6-9(8)10;1-3(2)4/h11,13-14,16-17H,2-10,12,15H2,1H3;3-7,10H,1-2H3;3H,4H2,1-2H3. The fourth-order valence-corrected chi connectivity index (χ4v) is 3.44. The van der Waals surface area contributed by atoms with Crippen molar-refractivity contribution < 1.29 is 5.11 Å². The van der Waals surface area contributed by atoms with Crippen LogP contribution in [0.2, 0.25) is 0 Å². The van der Waals surface area contributed by atoms with Crippen molar-refractivity contribution in [1.82, 2.24) is 0 Å². The van der Waals surface area contributed by atoms with Crippen LogP contribution in [-0.2, 0) is 6.42 Å². The van der Waals surface area contributed by atoms with Crippen molar-refractivity contribution in [3.63, 3.8) is 0 Å². The second-order valence-corrected chi connectivity index (χ2v) is 9.38. The van der Waals surface area contributed by atoms with Crippen LogP contribution in [-0.4, -0.2) is 11.1 Å². The summed E-state index contributed by atoms with van der Waals surface area (Å²) >= 11 is 0. The summed E-state index contributed by atoms with van der Waals surface area (Å²) in [5.41, 5.74) is 7.62. The maximum Gasteiger partial charge on any atom is 0.119 e. The molecule has 32 heavy (non-hydrogen) atoms. The lowest BCUT2D eigenvalue weighted by atomic mass is 10.0. The molecule has 182 valence electrons. The fraction of sp³-hybridized carbons (Fsp3) is 0.600. The number of phenols is 1. The molecule has 0 aliphatic carbocycles. The first kappa shape index (κ1) is 30.2. The molecule has 2 nitrogen and oxygen atoms in total. The lowest BCUT2D eigenvalue weighted by molar-refractivity contribution is 0.465. The van der Waals surface area contributed by atoms with Crippen molar-refractivity contribution in [3.05, 3.63) is 65.7 Å². The number of rotatable bonds is 12. The van der Waals surface area contributed by atoms with Gasteiger partial charge in [0.25, 0.3) is 0 Å². The summed E-state index contributed by atoms with van der Waals surface area (Å²) < 4.78 is 0. The van der Waals surface area contributed by atoms with Gasteiger partial charge in [-0.2, -0.15) is 0 Å². The minimum absolute atomic E-state index is 0.333. The third-order valence-corrected chi connectivity index (χ3v) is 5.22. The third kappa shape index (κ3) is 18.9. The average molecular weight is 442 g/mol. The van der Waals surface area contributed by atoms with E-state index in [4.69, 9.17) is 5.73 Å². The summed E-state index contributed by atoms with van der Waals surface area (Å²) in [6, 6.07) is 18.6. The molecule has 0 aromatic heterocycles. The molecular formula is C30H51NO. The van der Waals surface area contributed by atoms with Gasteiger partial charge < -0.3 is 10.8 Å². The minimum atomic E-state index is 0.333. The van der Waals surface area contributed by atoms with E-state index in [0.717, 1.165) is 5.56 Å². The molecule has 0 fully saturated rings. The number of unbranched alkanes of at least 4 members (excludes halogenated alkanes) is 9. The SMILES string of the molecule is CC(C)N.CC(C)c1ccccc1O.CCCCCCCCCCCCc1ccccc1. The summed E-state index contributed by atoms with van der Waals surface area (Å²) in [5.74, 6) is 0.804. The van der Waals surface area contributed by atoms with E-state index in [1.165, 1.54) is 76.2 Å². The van der Waals surface area contributed by atoms with Crippen LogP contribution in [0.3, 0.4) is 0 Å². The van der Waals surface area contributed by atoms with Crippen molar-refractivity contribution >= 4 is 0 Å². The quantitative estimate of drug-likeness (QED) is 0.323. The summed E-state index contributed by atoms with van der Waals surface area (Å²) in [7, 11) is 0. The lowest BCUT2D eigenvalue weighted by Crippen LogP contribution is -2.06. The maximum absolute atomic E-state index is 9.28. The highest BCUT2D eigenvalue weighted by Gasteiger charge is 2.02. The number of phenolic OH excluding ortho intramolecular Hbond substituents is 1. The molecular weight excluding hydrogens is 390 g/mol. The molecule has 0 radical (unpaired) electrons. The Labute approximate surface area is 199 Å². The highest BCUT2D eigenvalue weighted by atomic mass is 16.3. The second-order valence-electron chi connectivity index (χ2n) is 9.38. The van der Waals surface area contributed by atoms with Gasteiger partial charge in [-0.15, -0.1) is 0 Å². The Morgan fingerprint density at radius 3 is 1.53 bits per heavy atom. The molecule has 0 saturated heterocycles. The Bertz CT molecular complexity index is 634. The van der Waals surface area contributed by atoms with Gasteiger partial charge in [0.05, 0.1) is 0 Å². The zero-order chi connectivity index (χ0) is 24.0. The molecule has 0 amide bonds. The van der Waals surface area contributed by atoms with Crippen molar-refractivity contribution in [2.45, 2.75) is 117 Å². The smallest absolute Gasteiger partial charge is 0.119 e. The van der Waals surface area contributed by atoms with Crippen molar-refractivity contribution in [1.29, 1.82) is 0 Å². The van der Waals surface area contributed by atoms with E-state index in [0.29, 0.717) is 17.7 Å². The maximum atomic E-state index is 9.28. The zero-order valence-corrected chi connectivity index (χ0v) is 21.7. The summed E-state index contributed by atoms with van der Waals surface area (Å²) in [6.07, 6.45) is 15.5. The van der Waals surface area contributed by atoms with Gasteiger partial charge in [-0.1, -0.05) is 141 Å². The molecule has 0 heterocycles. The summed E-state index contributed by atoms with van der Waals surface area (Å²) in [6.45, 7) is 10.3. The zero-order valence-electron chi connectivity index (χ0n) is 21.7. The average Bonchev–Trinajstić information content (AvgIpc) is 2.76.